The number of likely N-dealkylation sites (tertiary alicyclic amines) is 1. The van der Waals surface area contributed by atoms with Crippen molar-refractivity contribution < 1.29 is 9.90 Å². The van der Waals surface area contributed by atoms with Gasteiger partial charge in [0.15, 0.2) is 0 Å². The van der Waals surface area contributed by atoms with Crippen molar-refractivity contribution in [2.45, 2.75) is 58.5 Å². The lowest BCUT2D eigenvalue weighted by Gasteiger charge is -2.32. The van der Waals surface area contributed by atoms with Gasteiger partial charge in [0.05, 0.1) is 6.10 Å². The number of hydrogen-bond acceptors (Lipinski definition) is 2. The van der Waals surface area contributed by atoms with Crippen molar-refractivity contribution in [2.24, 2.45) is 5.92 Å². The van der Waals surface area contributed by atoms with Gasteiger partial charge in [0.2, 0.25) is 5.91 Å². The van der Waals surface area contributed by atoms with E-state index >= 15 is 0 Å². The van der Waals surface area contributed by atoms with Crippen LogP contribution >= 0.6 is 0 Å². The van der Waals surface area contributed by atoms with Crippen LogP contribution < -0.4 is 0 Å². The lowest BCUT2D eigenvalue weighted by atomic mass is 9.96. The molecule has 0 spiro atoms. The predicted octanol–water partition coefficient (Wildman–Crippen LogP) is 2.19. The summed E-state index contributed by atoms with van der Waals surface area (Å²) in [7, 11) is 0. The smallest absolute Gasteiger partial charge is 0.225 e. The van der Waals surface area contributed by atoms with Crippen LogP contribution in [0.25, 0.3) is 0 Å². The molecule has 1 aliphatic heterocycles. The fourth-order valence-electron chi connectivity index (χ4n) is 2.30. The first kappa shape index (κ1) is 13.5. The van der Waals surface area contributed by atoms with Crippen LogP contribution in [-0.2, 0) is 4.79 Å². The maximum Gasteiger partial charge on any atom is 0.225 e. The quantitative estimate of drug-likeness (QED) is 0.782. The molecule has 0 aromatic carbocycles. The Kier molecular flexibility index (Phi) is 5.81. The molecule has 0 radical (unpaired) electrons. The SMILES string of the molecule is CCCC[C@@H](CC)C(=O)N1CCC(O)CC1. The molecule has 1 aliphatic rings. The second-order valence-corrected chi connectivity index (χ2v) is 4.80. The van der Waals surface area contributed by atoms with E-state index in [1.807, 2.05) is 4.90 Å². The minimum absolute atomic E-state index is 0.195. The van der Waals surface area contributed by atoms with Crippen LogP contribution in [0.2, 0.25) is 0 Å². The van der Waals surface area contributed by atoms with Crippen molar-refractivity contribution in [1.82, 2.24) is 4.90 Å². The van der Waals surface area contributed by atoms with E-state index in [0.717, 1.165) is 51.6 Å². The molecule has 0 unspecified atom stereocenters. The number of rotatable bonds is 5. The largest absolute Gasteiger partial charge is 0.393 e. The molecular formula is C13H25NO2. The Bertz CT molecular complexity index is 203. The number of carbonyl (C=O) groups is 1. The summed E-state index contributed by atoms with van der Waals surface area (Å²) in [6.07, 6.45) is 5.55. The van der Waals surface area contributed by atoms with Gasteiger partial charge in [-0.1, -0.05) is 26.7 Å². The predicted molar refractivity (Wildman–Crippen MR) is 65.1 cm³/mol. The van der Waals surface area contributed by atoms with Gasteiger partial charge in [-0.3, -0.25) is 4.79 Å². The second-order valence-electron chi connectivity index (χ2n) is 4.80. The molecule has 1 N–H and O–H groups in total. The minimum Gasteiger partial charge on any atom is -0.393 e. The highest BCUT2D eigenvalue weighted by atomic mass is 16.3. The van der Waals surface area contributed by atoms with E-state index in [1.165, 1.54) is 0 Å². The molecule has 0 aromatic rings. The van der Waals surface area contributed by atoms with Crippen molar-refractivity contribution >= 4 is 5.91 Å². The summed E-state index contributed by atoms with van der Waals surface area (Å²) in [5.74, 6) is 0.512. The summed E-state index contributed by atoms with van der Waals surface area (Å²) in [5.41, 5.74) is 0. The average Bonchev–Trinajstić information content (AvgIpc) is 2.30. The normalized spacial score (nSPS) is 19.8. The molecular weight excluding hydrogens is 202 g/mol. The number of aliphatic hydroxyl groups excluding tert-OH is 1. The van der Waals surface area contributed by atoms with E-state index in [9.17, 15) is 9.90 Å². The van der Waals surface area contributed by atoms with Crippen LogP contribution in [0.1, 0.15) is 52.4 Å². The molecule has 94 valence electrons. The highest BCUT2D eigenvalue weighted by molar-refractivity contribution is 5.78. The highest BCUT2D eigenvalue weighted by Crippen LogP contribution is 2.19. The molecule has 1 amide bonds. The second kappa shape index (κ2) is 6.89. The number of nitrogens with zero attached hydrogens (tertiary/aromatic N) is 1. The topological polar surface area (TPSA) is 40.5 Å². The molecule has 3 nitrogen and oxygen atoms in total. The zero-order valence-corrected chi connectivity index (χ0v) is 10.6. The molecule has 0 aliphatic carbocycles. The van der Waals surface area contributed by atoms with E-state index in [-0.39, 0.29) is 12.0 Å². The van der Waals surface area contributed by atoms with Crippen LogP contribution in [0.3, 0.4) is 0 Å². The van der Waals surface area contributed by atoms with Gasteiger partial charge in [-0.25, -0.2) is 0 Å². The van der Waals surface area contributed by atoms with Crippen molar-refractivity contribution in [3.63, 3.8) is 0 Å². The zero-order valence-electron chi connectivity index (χ0n) is 10.6. The molecule has 1 heterocycles. The van der Waals surface area contributed by atoms with Gasteiger partial charge in [-0.05, 0) is 25.7 Å². The van der Waals surface area contributed by atoms with E-state index in [1.54, 1.807) is 0 Å². The van der Waals surface area contributed by atoms with Crippen LogP contribution in [-0.4, -0.2) is 35.1 Å². The van der Waals surface area contributed by atoms with Crippen molar-refractivity contribution in [3.05, 3.63) is 0 Å². The van der Waals surface area contributed by atoms with Crippen molar-refractivity contribution in [2.75, 3.05) is 13.1 Å². The molecule has 0 saturated carbocycles. The zero-order chi connectivity index (χ0) is 12.0. The summed E-state index contributed by atoms with van der Waals surface area (Å²) in [6, 6.07) is 0. The third kappa shape index (κ3) is 3.78. The number of amides is 1. The summed E-state index contributed by atoms with van der Waals surface area (Å²) < 4.78 is 0. The highest BCUT2D eigenvalue weighted by Gasteiger charge is 2.25. The molecule has 3 heteroatoms. The molecule has 16 heavy (non-hydrogen) atoms. The molecule has 1 rings (SSSR count). The average molecular weight is 227 g/mol. The maximum atomic E-state index is 12.2. The molecule has 1 saturated heterocycles. The lowest BCUT2D eigenvalue weighted by molar-refractivity contribution is -0.137. The molecule has 1 atom stereocenters. The lowest BCUT2D eigenvalue weighted by Crippen LogP contribution is -2.43. The molecule has 0 bridgehead atoms. The third-order valence-corrected chi connectivity index (χ3v) is 3.52. The van der Waals surface area contributed by atoms with Crippen LogP contribution in [0.5, 0.6) is 0 Å². The fourth-order valence-corrected chi connectivity index (χ4v) is 2.30. The summed E-state index contributed by atoms with van der Waals surface area (Å²) in [4.78, 5) is 14.1. The van der Waals surface area contributed by atoms with Gasteiger partial charge in [0, 0.05) is 19.0 Å². The first-order valence-electron chi connectivity index (χ1n) is 6.65. The van der Waals surface area contributed by atoms with E-state index in [0.29, 0.717) is 5.91 Å². The first-order chi connectivity index (χ1) is 7.69. The van der Waals surface area contributed by atoms with Gasteiger partial charge >= 0.3 is 0 Å². The van der Waals surface area contributed by atoms with Gasteiger partial charge in [-0.15, -0.1) is 0 Å². The monoisotopic (exact) mass is 227 g/mol. The Balaban J connectivity index is 2.41. The maximum absolute atomic E-state index is 12.2. The van der Waals surface area contributed by atoms with Gasteiger partial charge in [-0.2, -0.15) is 0 Å². The summed E-state index contributed by atoms with van der Waals surface area (Å²) in [6.45, 7) is 5.73. The Hall–Kier alpha value is -0.570. The van der Waals surface area contributed by atoms with Gasteiger partial charge in [0.1, 0.15) is 0 Å². The Morgan fingerprint density at radius 2 is 2.00 bits per heavy atom. The number of unbranched alkanes of at least 4 members (excludes halogenated alkanes) is 1. The fraction of sp³-hybridized carbons (Fsp3) is 0.923. The van der Waals surface area contributed by atoms with Crippen molar-refractivity contribution in [3.8, 4) is 0 Å². The van der Waals surface area contributed by atoms with Gasteiger partial charge < -0.3 is 10.0 Å². The van der Waals surface area contributed by atoms with Gasteiger partial charge in [0.25, 0.3) is 0 Å². The van der Waals surface area contributed by atoms with E-state index < -0.39 is 0 Å². The van der Waals surface area contributed by atoms with Crippen LogP contribution in [0.4, 0.5) is 0 Å². The summed E-state index contributed by atoms with van der Waals surface area (Å²) >= 11 is 0. The molecule has 0 aromatic heterocycles. The van der Waals surface area contributed by atoms with Crippen LogP contribution in [0, 0.1) is 5.92 Å². The number of carbonyl (C=O) groups excluding carboxylic acids is 1. The van der Waals surface area contributed by atoms with E-state index in [2.05, 4.69) is 13.8 Å². The first-order valence-corrected chi connectivity index (χ1v) is 6.65. The number of aliphatic hydroxyl groups is 1. The van der Waals surface area contributed by atoms with E-state index in [4.69, 9.17) is 0 Å². The summed E-state index contributed by atoms with van der Waals surface area (Å²) in [5, 5.41) is 9.41. The Labute approximate surface area is 98.8 Å². The number of piperidine rings is 1. The molecule has 1 fully saturated rings. The standard InChI is InChI=1S/C13H25NO2/c1-3-5-6-11(4-2)13(16)14-9-7-12(15)8-10-14/h11-12,15H,3-10H2,1-2H3/t11-/m1/s1. The minimum atomic E-state index is -0.195. The van der Waals surface area contributed by atoms with Crippen molar-refractivity contribution in [1.29, 1.82) is 0 Å². The number of hydrogen-bond donors (Lipinski definition) is 1. The Morgan fingerprint density at radius 1 is 1.38 bits per heavy atom. The Morgan fingerprint density at radius 3 is 2.50 bits per heavy atom. The van der Waals surface area contributed by atoms with Crippen LogP contribution in [0.15, 0.2) is 0 Å². The third-order valence-electron chi connectivity index (χ3n) is 3.52.